The van der Waals surface area contributed by atoms with E-state index >= 15 is 0 Å². The third-order valence-corrected chi connectivity index (χ3v) is 5.40. The van der Waals surface area contributed by atoms with Crippen LogP contribution in [0.15, 0.2) is 72.8 Å². The van der Waals surface area contributed by atoms with Crippen LogP contribution in [0.1, 0.15) is 22.3 Å². The summed E-state index contributed by atoms with van der Waals surface area (Å²) in [7, 11) is 1.74. The molecule has 0 fully saturated rings. The standard InChI is InChI=1S/C26H30ClNO2/c1-20-4-8-22(9-5-20)16-28(17-23-10-6-21(2)7-11-23)25(18-29-3)19-30-26-14-12-24(27)13-15-26/h4-15,25H,16-19H2,1-3H3. The molecule has 3 nitrogen and oxygen atoms in total. The maximum atomic E-state index is 6.09. The molecule has 3 aromatic carbocycles. The normalized spacial score (nSPS) is 12.2. The van der Waals surface area contributed by atoms with Gasteiger partial charge in [-0.25, -0.2) is 0 Å². The van der Waals surface area contributed by atoms with Crippen molar-refractivity contribution in [2.45, 2.75) is 33.0 Å². The van der Waals surface area contributed by atoms with Crippen LogP contribution in [-0.4, -0.2) is 31.3 Å². The van der Waals surface area contributed by atoms with Gasteiger partial charge >= 0.3 is 0 Å². The van der Waals surface area contributed by atoms with E-state index < -0.39 is 0 Å². The Morgan fingerprint density at radius 3 is 1.70 bits per heavy atom. The van der Waals surface area contributed by atoms with Crippen molar-refractivity contribution in [1.29, 1.82) is 0 Å². The van der Waals surface area contributed by atoms with Gasteiger partial charge in [0.15, 0.2) is 0 Å². The second-order valence-electron chi connectivity index (χ2n) is 7.75. The lowest BCUT2D eigenvalue weighted by Gasteiger charge is -2.31. The molecule has 0 aliphatic heterocycles. The van der Waals surface area contributed by atoms with E-state index in [-0.39, 0.29) is 6.04 Å². The average molecular weight is 424 g/mol. The first-order valence-corrected chi connectivity index (χ1v) is 10.6. The Hall–Kier alpha value is -2.33. The Labute approximate surface area is 185 Å². The number of benzene rings is 3. The van der Waals surface area contributed by atoms with Crippen molar-refractivity contribution in [3.63, 3.8) is 0 Å². The zero-order chi connectivity index (χ0) is 21.3. The lowest BCUT2D eigenvalue weighted by molar-refractivity contribution is 0.0499. The molecule has 30 heavy (non-hydrogen) atoms. The van der Waals surface area contributed by atoms with Gasteiger partial charge in [-0.1, -0.05) is 71.3 Å². The lowest BCUT2D eigenvalue weighted by atomic mass is 10.1. The topological polar surface area (TPSA) is 21.7 Å². The minimum absolute atomic E-state index is 0.105. The number of halogens is 1. The highest BCUT2D eigenvalue weighted by Crippen LogP contribution is 2.19. The fourth-order valence-electron chi connectivity index (χ4n) is 3.34. The first-order valence-electron chi connectivity index (χ1n) is 10.3. The van der Waals surface area contributed by atoms with Crippen molar-refractivity contribution in [3.8, 4) is 5.75 Å². The monoisotopic (exact) mass is 423 g/mol. The summed E-state index contributed by atoms with van der Waals surface area (Å²) >= 11 is 5.99. The van der Waals surface area contributed by atoms with E-state index in [4.69, 9.17) is 21.1 Å². The average Bonchev–Trinajstić information content (AvgIpc) is 2.75. The molecule has 0 saturated carbocycles. The van der Waals surface area contributed by atoms with Gasteiger partial charge < -0.3 is 9.47 Å². The van der Waals surface area contributed by atoms with Crippen molar-refractivity contribution < 1.29 is 9.47 Å². The molecular weight excluding hydrogens is 394 g/mol. The van der Waals surface area contributed by atoms with Gasteiger partial charge in [-0.2, -0.15) is 0 Å². The van der Waals surface area contributed by atoms with Gasteiger partial charge in [0, 0.05) is 25.2 Å². The minimum atomic E-state index is 0.105. The Balaban J connectivity index is 1.78. The summed E-state index contributed by atoms with van der Waals surface area (Å²) in [6, 6.07) is 25.0. The molecule has 1 atom stereocenters. The molecule has 0 aliphatic carbocycles. The predicted octanol–water partition coefficient (Wildman–Crippen LogP) is 6.05. The molecule has 0 N–H and O–H groups in total. The first kappa shape index (κ1) is 22.4. The maximum absolute atomic E-state index is 6.09. The van der Waals surface area contributed by atoms with Gasteiger partial charge in [-0.15, -0.1) is 0 Å². The lowest BCUT2D eigenvalue weighted by Crippen LogP contribution is -2.41. The molecule has 0 radical (unpaired) electrons. The Morgan fingerprint density at radius 1 is 0.733 bits per heavy atom. The van der Waals surface area contributed by atoms with Gasteiger partial charge in [-0.3, -0.25) is 4.90 Å². The van der Waals surface area contributed by atoms with Crippen LogP contribution < -0.4 is 4.74 Å². The van der Waals surface area contributed by atoms with Crippen LogP contribution in [0.25, 0.3) is 0 Å². The van der Waals surface area contributed by atoms with Crippen LogP contribution in [-0.2, 0) is 17.8 Å². The van der Waals surface area contributed by atoms with Crippen LogP contribution >= 0.6 is 11.6 Å². The van der Waals surface area contributed by atoms with Crippen molar-refractivity contribution in [2.24, 2.45) is 0 Å². The number of methoxy groups -OCH3 is 1. The molecule has 158 valence electrons. The van der Waals surface area contributed by atoms with Crippen LogP contribution in [0.4, 0.5) is 0 Å². The van der Waals surface area contributed by atoms with Crippen LogP contribution in [0.5, 0.6) is 5.75 Å². The van der Waals surface area contributed by atoms with Gasteiger partial charge in [-0.05, 0) is 49.2 Å². The van der Waals surface area contributed by atoms with Crippen LogP contribution in [0.3, 0.4) is 0 Å². The Bertz CT molecular complexity index is 844. The quantitative estimate of drug-likeness (QED) is 0.396. The first-order chi connectivity index (χ1) is 14.5. The smallest absolute Gasteiger partial charge is 0.119 e. The number of ether oxygens (including phenoxy) is 2. The summed E-state index contributed by atoms with van der Waals surface area (Å²) in [5.74, 6) is 0.811. The maximum Gasteiger partial charge on any atom is 0.119 e. The number of aryl methyl sites for hydroxylation is 2. The third-order valence-electron chi connectivity index (χ3n) is 5.14. The summed E-state index contributed by atoms with van der Waals surface area (Å²) in [5, 5.41) is 0.705. The largest absolute Gasteiger partial charge is 0.492 e. The predicted molar refractivity (Wildman–Crippen MR) is 124 cm³/mol. The molecule has 1 unspecified atom stereocenters. The zero-order valence-corrected chi connectivity index (χ0v) is 18.7. The molecule has 0 bridgehead atoms. The molecule has 0 heterocycles. The van der Waals surface area contributed by atoms with Gasteiger partial charge in [0.25, 0.3) is 0 Å². The number of nitrogens with zero attached hydrogens (tertiary/aromatic N) is 1. The van der Waals surface area contributed by atoms with Gasteiger partial charge in [0.1, 0.15) is 12.4 Å². The van der Waals surface area contributed by atoms with Gasteiger partial charge in [0.05, 0.1) is 12.6 Å². The van der Waals surface area contributed by atoms with E-state index in [0.717, 1.165) is 18.8 Å². The van der Waals surface area contributed by atoms with E-state index in [1.807, 2.05) is 24.3 Å². The van der Waals surface area contributed by atoms with Gasteiger partial charge in [0.2, 0.25) is 0 Å². The van der Waals surface area contributed by atoms with E-state index in [2.05, 4.69) is 67.3 Å². The summed E-state index contributed by atoms with van der Waals surface area (Å²) in [6.07, 6.45) is 0. The summed E-state index contributed by atoms with van der Waals surface area (Å²) in [6.45, 7) is 7.00. The van der Waals surface area contributed by atoms with E-state index in [0.29, 0.717) is 18.2 Å². The van der Waals surface area contributed by atoms with Crippen molar-refractivity contribution in [2.75, 3.05) is 20.3 Å². The number of hydrogen-bond donors (Lipinski definition) is 0. The second-order valence-corrected chi connectivity index (χ2v) is 8.19. The van der Waals surface area contributed by atoms with Crippen LogP contribution in [0.2, 0.25) is 5.02 Å². The fourth-order valence-corrected chi connectivity index (χ4v) is 3.47. The number of rotatable bonds is 10. The fraction of sp³-hybridized carbons (Fsp3) is 0.308. The highest BCUT2D eigenvalue weighted by molar-refractivity contribution is 6.30. The molecule has 3 aromatic rings. The minimum Gasteiger partial charge on any atom is -0.492 e. The van der Waals surface area contributed by atoms with E-state index in [1.54, 1.807) is 7.11 Å². The number of hydrogen-bond acceptors (Lipinski definition) is 3. The molecule has 0 amide bonds. The summed E-state index contributed by atoms with van der Waals surface area (Å²) in [4.78, 5) is 2.43. The highest BCUT2D eigenvalue weighted by atomic mass is 35.5. The highest BCUT2D eigenvalue weighted by Gasteiger charge is 2.20. The molecular formula is C26H30ClNO2. The van der Waals surface area contributed by atoms with E-state index in [9.17, 15) is 0 Å². The van der Waals surface area contributed by atoms with Crippen molar-refractivity contribution in [1.82, 2.24) is 4.90 Å². The summed E-state index contributed by atoms with van der Waals surface area (Å²) < 4.78 is 11.7. The third kappa shape index (κ3) is 6.88. The van der Waals surface area contributed by atoms with Crippen molar-refractivity contribution in [3.05, 3.63) is 100 Å². The molecule has 3 rings (SSSR count). The molecule has 0 saturated heterocycles. The van der Waals surface area contributed by atoms with E-state index in [1.165, 1.54) is 22.3 Å². The molecule has 0 aromatic heterocycles. The second kappa shape index (κ2) is 11.2. The molecule has 0 aliphatic rings. The Morgan fingerprint density at radius 2 is 1.23 bits per heavy atom. The zero-order valence-electron chi connectivity index (χ0n) is 18.0. The summed E-state index contributed by atoms with van der Waals surface area (Å²) in [5.41, 5.74) is 5.09. The molecule has 0 spiro atoms. The van der Waals surface area contributed by atoms with Crippen LogP contribution in [0, 0.1) is 13.8 Å². The molecule has 4 heteroatoms. The SMILES string of the molecule is COCC(COc1ccc(Cl)cc1)N(Cc1ccc(C)cc1)Cc1ccc(C)cc1. The van der Waals surface area contributed by atoms with Crippen molar-refractivity contribution >= 4 is 11.6 Å². The Kier molecular flexibility index (Phi) is 8.32.